The maximum absolute atomic E-state index is 13.0. The van der Waals surface area contributed by atoms with Crippen LogP contribution in [0.4, 0.5) is 10.1 Å². The Balaban J connectivity index is 2.07. The van der Waals surface area contributed by atoms with Crippen LogP contribution in [0.3, 0.4) is 0 Å². The fourth-order valence-corrected chi connectivity index (χ4v) is 1.94. The van der Waals surface area contributed by atoms with E-state index >= 15 is 0 Å². The predicted octanol–water partition coefficient (Wildman–Crippen LogP) is 1.72. The van der Waals surface area contributed by atoms with E-state index in [9.17, 15) is 9.18 Å². The average molecular weight is 222 g/mol. The summed E-state index contributed by atoms with van der Waals surface area (Å²) in [6.45, 7) is 1.47. The van der Waals surface area contributed by atoms with Crippen LogP contribution in [0.25, 0.3) is 0 Å². The highest BCUT2D eigenvalue weighted by Crippen LogP contribution is 2.21. The molecule has 1 amide bonds. The number of nitrogens with zero attached hydrogens (tertiary/aromatic N) is 1. The topological polar surface area (TPSA) is 46.3 Å². The van der Waals surface area contributed by atoms with E-state index in [1.54, 1.807) is 12.1 Å². The van der Waals surface area contributed by atoms with Gasteiger partial charge in [0.1, 0.15) is 6.17 Å². The zero-order valence-corrected chi connectivity index (χ0v) is 9.03. The fraction of sp³-hybridized carbons (Fsp3) is 0.417. The van der Waals surface area contributed by atoms with Crippen molar-refractivity contribution in [2.24, 2.45) is 5.73 Å². The van der Waals surface area contributed by atoms with Crippen LogP contribution in [0.15, 0.2) is 24.3 Å². The SMILES string of the molecule is NC(=O)c1ccc(N2CCC(F)CC2)cc1. The summed E-state index contributed by atoms with van der Waals surface area (Å²) in [5, 5.41) is 0. The second-order valence-electron chi connectivity index (χ2n) is 4.07. The van der Waals surface area contributed by atoms with Gasteiger partial charge in [-0.1, -0.05) is 0 Å². The van der Waals surface area contributed by atoms with Crippen LogP contribution in [0.1, 0.15) is 23.2 Å². The highest BCUT2D eigenvalue weighted by Gasteiger charge is 2.18. The minimum Gasteiger partial charge on any atom is -0.371 e. The molecule has 3 nitrogen and oxygen atoms in total. The summed E-state index contributed by atoms with van der Waals surface area (Å²) in [5.74, 6) is -0.422. The number of primary amides is 1. The van der Waals surface area contributed by atoms with E-state index in [0.717, 1.165) is 18.8 Å². The summed E-state index contributed by atoms with van der Waals surface area (Å²) in [7, 11) is 0. The fourth-order valence-electron chi connectivity index (χ4n) is 1.94. The molecule has 1 aliphatic rings. The Kier molecular flexibility index (Phi) is 3.08. The Hall–Kier alpha value is -1.58. The summed E-state index contributed by atoms with van der Waals surface area (Å²) < 4.78 is 13.0. The molecule has 1 heterocycles. The van der Waals surface area contributed by atoms with Crippen molar-refractivity contribution in [3.8, 4) is 0 Å². The van der Waals surface area contributed by atoms with Gasteiger partial charge in [0.15, 0.2) is 0 Å². The highest BCUT2D eigenvalue weighted by molar-refractivity contribution is 5.93. The van der Waals surface area contributed by atoms with Gasteiger partial charge in [0.05, 0.1) is 0 Å². The lowest BCUT2D eigenvalue weighted by Gasteiger charge is -2.30. The number of carbonyl (C=O) groups excluding carboxylic acids is 1. The number of amides is 1. The lowest BCUT2D eigenvalue weighted by atomic mass is 10.1. The molecule has 0 aromatic heterocycles. The van der Waals surface area contributed by atoms with Crippen LogP contribution in [-0.4, -0.2) is 25.2 Å². The predicted molar refractivity (Wildman–Crippen MR) is 61.3 cm³/mol. The van der Waals surface area contributed by atoms with E-state index < -0.39 is 12.1 Å². The molecule has 1 aromatic carbocycles. The van der Waals surface area contributed by atoms with E-state index in [1.807, 2.05) is 12.1 Å². The monoisotopic (exact) mass is 222 g/mol. The third kappa shape index (κ3) is 2.32. The minimum atomic E-state index is -0.666. The summed E-state index contributed by atoms with van der Waals surface area (Å²) in [4.78, 5) is 13.0. The van der Waals surface area contributed by atoms with Gasteiger partial charge in [-0.3, -0.25) is 4.79 Å². The molecule has 0 unspecified atom stereocenters. The molecule has 2 rings (SSSR count). The molecule has 0 radical (unpaired) electrons. The van der Waals surface area contributed by atoms with Gasteiger partial charge in [0.2, 0.25) is 5.91 Å². The number of anilines is 1. The largest absolute Gasteiger partial charge is 0.371 e. The van der Waals surface area contributed by atoms with Crippen LogP contribution in [-0.2, 0) is 0 Å². The molecule has 0 atom stereocenters. The number of alkyl halides is 1. The van der Waals surface area contributed by atoms with Crippen LogP contribution in [0.5, 0.6) is 0 Å². The molecular weight excluding hydrogens is 207 g/mol. The first-order chi connectivity index (χ1) is 7.66. The van der Waals surface area contributed by atoms with Crippen molar-refractivity contribution in [1.82, 2.24) is 0 Å². The summed E-state index contributed by atoms with van der Waals surface area (Å²) in [6.07, 6.45) is 0.496. The first kappa shape index (κ1) is 10.9. The van der Waals surface area contributed by atoms with Gasteiger partial charge < -0.3 is 10.6 Å². The molecule has 16 heavy (non-hydrogen) atoms. The Morgan fingerprint density at radius 2 is 1.81 bits per heavy atom. The van der Waals surface area contributed by atoms with Gasteiger partial charge in [-0.25, -0.2) is 4.39 Å². The normalized spacial score (nSPS) is 17.4. The van der Waals surface area contributed by atoms with Crippen molar-refractivity contribution in [2.45, 2.75) is 19.0 Å². The third-order valence-corrected chi connectivity index (χ3v) is 2.94. The van der Waals surface area contributed by atoms with Gasteiger partial charge in [-0.2, -0.15) is 0 Å². The zero-order chi connectivity index (χ0) is 11.5. The van der Waals surface area contributed by atoms with Crippen molar-refractivity contribution in [1.29, 1.82) is 0 Å². The maximum atomic E-state index is 13.0. The first-order valence-electron chi connectivity index (χ1n) is 5.45. The van der Waals surface area contributed by atoms with Crippen molar-refractivity contribution < 1.29 is 9.18 Å². The van der Waals surface area contributed by atoms with Gasteiger partial charge in [0, 0.05) is 24.3 Å². The average Bonchev–Trinajstić information content (AvgIpc) is 2.30. The number of hydrogen-bond acceptors (Lipinski definition) is 2. The molecule has 1 aromatic rings. The van der Waals surface area contributed by atoms with Crippen LogP contribution in [0.2, 0.25) is 0 Å². The number of hydrogen-bond donors (Lipinski definition) is 1. The van der Waals surface area contributed by atoms with Gasteiger partial charge in [-0.05, 0) is 37.1 Å². The molecule has 86 valence electrons. The second kappa shape index (κ2) is 4.51. The molecule has 4 heteroatoms. The summed E-state index contributed by atoms with van der Waals surface area (Å²) in [6, 6.07) is 7.13. The number of nitrogens with two attached hydrogens (primary N) is 1. The van der Waals surface area contributed by atoms with E-state index in [-0.39, 0.29) is 0 Å². The first-order valence-corrected chi connectivity index (χ1v) is 5.45. The molecule has 1 saturated heterocycles. The Labute approximate surface area is 94.0 Å². The van der Waals surface area contributed by atoms with Gasteiger partial charge >= 0.3 is 0 Å². The molecule has 0 saturated carbocycles. The van der Waals surface area contributed by atoms with Crippen molar-refractivity contribution in [2.75, 3.05) is 18.0 Å². The lowest BCUT2D eigenvalue weighted by molar-refractivity contribution is 0.100. The Morgan fingerprint density at radius 1 is 1.25 bits per heavy atom. The van der Waals surface area contributed by atoms with E-state index in [1.165, 1.54) is 0 Å². The van der Waals surface area contributed by atoms with E-state index in [2.05, 4.69) is 4.90 Å². The molecule has 0 spiro atoms. The molecule has 0 aliphatic carbocycles. The quantitative estimate of drug-likeness (QED) is 0.828. The van der Waals surface area contributed by atoms with Crippen LogP contribution in [0, 0.1) is 0 Å². The van der Waals surface area contributed by atoms with Crippen molar-refractivity contribution in [3.05, 3.63) is 29.8 Å². The third-order valence-electron chi connectivity index (χ3n) is 2.94. The zero-order valence-electron chi connectivity index (χ0n) is 9.03. The molecule has 1 fully saturated rings. The molecule has 0 bridgehead atoms. The van der Waals surface area contributed by atoms with E-state index in [4.69, 9.17) is 5.73 Å². The number of rotatable bonds is 2. The van der Waals surface area contributed by atoms with Gasteiger partial charge in [0.25, 0.3) is 0 Å². The highest BCUT2D eigenvalue weighted by atomic mass is 19.1. The smallest absolute Gasteiger partial charge is 0.248 e. The van der Waals surface area contributed by atoms with Gasteiger partial charge in [-0.15, -0.1) is 0 Å². The minimum absolute atomic E-state index is 0.422. The van der Waals surface area contributed by atoms with Crippen LogP contribution < -0.4 is 10.6 Å². The lowest BCUT2D eigenvalue weighted by Crippen LogP contribution is -2.34. The number of carbonyl (C=O) groups is 1. The molecular formula is C12H15FN2O. The van der Waals surface area contributed by atoms with Crippen molar-refractivity contribution >= 4 is 11.6 Å². The Bertz CT molecular complexity index is 369. The molecule has 2 N–H and O–H groups in total. The summed E-state index contributed by atoms with van der Waals surface area (Å²) >= 11 is 0. The maximum Gasteiger partial charge on any atom is 0.248 e. The standard InChI is InChI=1S/C12H15FN2O/c13-10-5-7-15(8-6-10)11-3-1-9(2-4-11)12(14)16/h1-4,10H,5-8H2,(H2,14,16). The number of piperidine rings is 1. The van der Waals surface area contributed by atoms with Crippen molar-refractivity contribution in [3.63, 3.8) is 0 Å². The molecule has 1 aliphatic heterocycles. The van der Waals surface area contributed by atoms with E-state index in [0.29, 0.717) is 18.4 Å². The second-order valence-corrected chi connectivity index (χ2v) is 4.07. The Morgan fingerprint density at radius 3 is 2.31 bits per heavy atom. The number of halogens is 1. The van der Waals surface area contributed by atoms with Crippen LogP contribution >= 0.6 is 0 Å². The number of benzene rings is 1. The summed E-state index contributed by atoms with van der Waals surface area (Å²) in [5.41, 5.74) is 6.69.